The molecule has 11 rings (SSSR count). The molecule has 1 aromatic heterocycles. The summed E-state index contributed by atoms with van der Waals surface area (Å²) in [6.07, 6.45) is 0. The first-order chi connectivity index (χ1) is 27.7. The molecule has 0 aliphatic rings. The molecule has 0 radical (unpaired) electrons. The lowest BCUT2D eigenvalue weighted by Gasteiger charge is -2.26. The first kappa shape index (κ1) is 32.0. The van der Waals surface area contributed by atoms with Crippen LogP contribution in [0.5, 0.6) is 0 Å². The average Bonchev–Trinajstić information content (AvgIpc) is 3.65. The summed E-state index contributed by atoms with van der Waals surface area (Å²) in [5.41, 5.74) is 12.1. The van der Waals surface area contributed by atoms with Crippen LogP contribution in [0.4, 0.5) is 17.1 Å². The fourth-order valence-corrected chi connectivity index (χ4v) is 8.42. The van der Waals surface area contributed by atoms with E-state index in [0.717, 1.165) is 39.0 Å². The smallest absolute Gasteiger partial charge is 0.137 e. The highest BCUT2D eigenvalue weighted by Crippen LogP contribution is 2.43. The predicted molar refractivity (Wildman–Crippen MR) is 237 cm³/mol. The topological polar surface area (TPSA) is 16.4 Å². The molecule has 0 spiro atoms. The van der Waals surface area contributed by atoms with Gasteiger partial charge in [-0.25, -0.2) is 0 Å². The molecular formula is C54H35NO. The van der Waals surface area contributed by atoms with E-state index >= 15 is 0 Å². The van der Waals surface area contributed by atoms with Crippen LogP contribution in [0.3, 0.4) is 0 Å². The van der Waals surface area contributed by atoms with Crippen molar-refractivity contribution in [2.24, 2.45) is 0 Å². The molecule has 0 saturated carbocycles. The number of furan rings is 1. The molecule has 0 N–H and O–H groups in total. The SMILES string of the molecule is c1ccc(-c2ccc(N(c3ccc(-c4ccc5ccccc5c4)cc3)c3ccc4c(c3)oc3ccc5c(-c6ccc7ccccc7c6)cccc5c34)cc2)cc1. The third-order valence-corrected chi connectivity index (χ3v) is 11.2. The maximum atomic E-state index is 6.69. The van der Waals surface area contributed by atoms with E-state index < -0.39 is 0 Å². The van der Waals surface area contributed by atoms with Crippen molar-refractivity contribution in [1.82, 2.24) is 0 Å². The first-order valence-electron chi connectivity index (χ1n) is 19.2. The van der Waals surface area contributed by atoms with E-state index in [-0.39, 0.29) is 0 Å². The summed E-state index contributed by atoms with van der Waals surface area (Å²) in [7, 11) is 0. The highest BCUT2D eigenvalue weighted by atomic mass is 16.3. The molecule has 0 bridgehead atoms. The molecule has 1 heterocycles. The third kappa shape index (κ3) is 5.51. The Balaban J connectivity index is 1.02. The standard InChI is InChI=1S/C54H35NO/c1-2-9-36(10-3-1)39-21-25-45(26-22-39)55(46-27-23-40(24-28-46)43-19-17-37-11-4-6-13-41(37)33-43)47-29-30-51-53(35-47)56-52-32-31-49-48(15-8-16-50(49)54(51)52)44-20-18-38-12-5-7-14-42(38)34-44/h1-35H. The number of nitrogens with zero attached hydrogens (tertiary/aromatic N) is 1. The van der Waals surface area contributed by atoms with Crippen molar-refractivity contribution >= 4 is 71.3 Å². The minimum Gasteiger partial charge on any atom is -0.456 e. The fraction of sp³-hybridized carbons (Fsp3) is 0. The lowest BCUT2D eigenvalue weighted by molar-refractivity contribution is 0.669. The molecule has 0 saturated heterocycles. The van der Waals surface area contributed by atoms with Gasteiger partial charge in [0.05, 0.1) is 0 Å². The summed E-state index contributed by atoms with van der Waals surface area (Å²) in [5.74, 6) is 0. The lowest BCUT2D eigenvalue weighted by atomic mass is 9.94. The highest BCUT2D eigenvalue weighted by molar-refractivity contribution is 6.21. The van der Waals surface area contributed by atoms with Gasteiger partial charge >= 0.3 is 0 Å². The minimum absolute atomic E-state index is 0.861. The van der Waals surface area contributed by atoms with Crippen molar-refractivity contribution in [1.29, 1.82) is 0 Å². The van der Waals surface area contributed by atoms with E-state index in [2.05, 4.69) is 217 Å². The molecule has 10 aromatic carbocycles. The van der Waals surface area contributed by atoms with Gasteiger partial charge in [-0.3, -0.25) is 0 Å². The Hall–Kier alpha value is -7.42. The van der Waals surface area contributed by atoms with E-state index in [4.69, 9.17) is 4.42 Å². The van der Waals surface area contributed by atoms with Crippen molar-refractivity contribution in [3.63, 3.8) is 0 Å². The molecule has 11 aromatic rings. The molecule has 0 aliphatic heterocycles. The minimum atomic E-state index is 0.861. The summed E-state index contributed by atoms with van der Waals surface area (Å²) in [6, 6.07) is 76.4. The van der Waals surface area contributed by atoms with E-state index in [9.17, 15) is 0 Å². The van der Waals surface area contributed by atoms with Gasteiger partial charge in [-0.05, 0) is 120 Å². The average molecular weight is 714 g/mol. The largest absolute Gasteiger partial charge is 0.456 e. The zero-order valence-corrected chi connectivity index (χ0v) is 30.6. The molecule has 0 fully saturated rings. The first-order valence-corrected chi connectivity index (χ1v) is 19.2. The molecule has 0 atom stereocenters. The second-order valence-corrected chi connectivity index (χ2v) is 14.5. The normalized spacial score (nSPS) is 11.6. The number of anilines is 3. The molecule has 2 heteroatoms. The Morgan fingerprint density at radius 3 is 1.52 bits per heavy atom. The van der Waals surface area contributed by atoms with Gasteiger partial charge in [-0.15, -0.1) is 0 Å². The Bertz CT molecular complexity index is 3230. The Kier molecular flexibility index (Phi) is 7.53. The number of fused-ring (bicyclic) bond motifs is 7. The zero-order valence-electron chi connectivity index (χ0n) is 30.6. The summed E-state index contributed by atoms with van der Waals surface area (Å²) in [4.78, 5) is 2.32. The van der Waals surface area contributed by atoms with Gasteiger partial charge in [-0.2, -0.15) is 0 Å². The highest BCUT2D eigenvalue weighted by Gasteiger charge is 2.18. The van der Waals surface area contributed by atoms with Crippen LogP contribution in [0.15, 0.2) is 217 Å². The Morgan fingerprint density at radius 2 is 0.821 bits per heavy atom. The van der Waals surface area contributed by atoms with Gasteiger partial charge in [0.25, 0.3) is 0 Å². The van der Waals surface area contributed by atoms with E-state index in [1.807, 2.05) is 0 Å². The van der Waals surface area contributed by atoms with Crippen molar-refractivity contribution in [3.8, 4) is 33.4 Å². The quantitative estimate of drug-likeness (QED) is 0.171. The second kappa shape index (κ2) is 13.2. The van der Waals surface area contributed by atoms with Gasteiger partial charge in [0.15, 0.2) is 0 Å². The maximum absolute atomic E-state index is 6.69. The van der Waals surface area contributed by atoms with Crippen LogP contribution in [-0.2, 0) is 0 Å². The van der Waals surface area contributed by atoms with Gasteiger partial charge in [0.1, 0.15) is 11.2 Å². The third-order valence-electron chi connectivity index (χ3n) is 11.2. The summed E-state index contributed by atoms with van der Waals surface area (Å²) >= 11 is 0. The molecule has 0 amide bonds. The van der Waals surface area contributed by atoms with Gasteiger partial charge in [-0.1, -0.05) is 152 Å². The lowest BCUT2D eigenvalue weighted by Crippen LogP contribution is -2.09. The Morgan fingerprint density at radius 1 is 0.286 bits per heavy atom. The summed E-state index contributed by atoms with van der Waals surface area (Å²) in [6.45, 7) is 0. The van der Waals surface area contributed by atoms with E-state index in [1.54, 1.807) is 0 Å². The summed E-state index contributed by atoms with van der Waals surface area (Å²) < 4.78 is 6.69. The zero-order chi connectivity index (χ0) is 37.0. The predicted octanol–water partition coefficient (Wildman–Crippen LogP) is 15.5. The van der Waals surface area contributed by atoms with Crippen LogP contribution in [-0.4, -0.2) is 0 Å². The van der Waals surface area contributed by atoms with Crippen LogP contribution in [0, 0.1) is 0 Å². The molecular weight excluding hydrogens is 679 g/mol. The van der Waals surface area contributed by atoms with Gasteiger partial charge in [0, 0.05) is 33.9 Å². The fourth-order valence-electron chi connectivity index (χ4n) is 8.42. The number of rotatable bonds is 6. The molecule has 56 heavy (non-hydrogen) atoms. The molecule has 262 valence electrons. The second-order valence-electron chi connectivity index (χ2n) is 14.5. The summed E-state index contributed by atoms with van der Waals surface area (Å²) in [5, 5.41) is 9.64. The Labute approximate surface area is 325 Å². The van der Waals surface area contributed by atoms with E-state index in [1.165, 1.54) is 65.7 Å². The van der Waals surface area contributed by atoms with Crippen LogP contribution < -0.4 is 4.90 Å². The van der Waals surface area contributed by atoms with Crippen LogP contribution in [0.1, 0.15) is 0 Å². The molecule has 0 aliphatic carbocycles. The number of hydrogen-bond acceptors (Lipinski definition) is 2. The maximum Gasteiger partial charge on any atom is 0.137 e. The van der Waals surface area contributed by atoms with Crippen molar-refractivity contribution in [2.75, 3.05) is 4.90 Å². The van der Waals surface area contributed by atoms with Crippen LogP contribution in [0.25, 0.3) is 87.6 Å². The van der Waals surface area contributed by atoms with Gasteiger partial charge < -0.3 is 9.32 Å². The van der Waals surface area contributed by atoms with Crippen molar-refractivity contribution in [2.45, 2.75) is 0 Å². The van der Waals surface area contributed by atoms with Crippen LogP contribution in [0.2, 0.25) is 0 Å². The number of hydrogen-bond donors (Lipinski definition) is 0. The van der Waals surface area contributed by atoms with Gasteiger partial charge in [0.2, 0.25) is 0 Å². The van der Waals surface area contributed by atoms with Crippen LogP contribution >= 0.6 is 0 Å². The van der Waals surface area contributed by atoms with E-state index in [0.29, 0.717) is 0 Å². The molecule has 2 nitrogen and oxygen atoms in total. The van der Waals surface area contributed by atoms with Crippen molar-refractivity contribution < 1.29 is 4.42 Å². The monoisotopic (exact) mass is 713 g/mol. The van der Waals surface area contributed by atoms with Crippen molar-refractivity contribution in [3.05, 3.63) is 212 Å². The number of benzene rings is 10. The molecule has 0 unspecified atom stereocenters.